The fourth-order valence-corrected chi connectivity index (χ4v) is 4.21. The van der Waals surface area contributed by atoms with Crippen LogP contribution >= 0.6 is 11.6 Å². The first-order chi connectivity index (χ1) is 14.0. The van der Waals surface area contributed by atoms with Gasteiger partial charge in [0, 0.05) is 38.2 Å². The van der Waals surface area contributed by atoms with Crippen molar-refractivity contribution in [1.82, 2.24) is 9.80 Å². The average Bonchev–Trinajstić information content (AvgIpc) is 3.28. The summed E-state index contributed by atoms with van der Waals surface area (Å²) in [4.78, 5) is 28.9. The minimum atomic E-state index is -0.0546. The lowest BCUT2D eigenvalue weighted by atomic mass is 9.95. The molecule has 0 atom stereocenters. The zero-order chi connectivity index (χ0) is 20.8. The van der Waals surface area contributed by atoms with E-state index in [-0.39, 0.29) is 17.7 Å². The van der Waals surface area contributed by atoms with E-state index in [9.17, 15) is 9.59 Å². The van der Waals surface area contributed by atoms with Crippen molar-refractivity contribution in [3.8, 4) is 11.5 Å². The molecule has 0 N–H and O–H groups in total. The summed E-state index contributed by atoms with van der Waals surface area (Å²) in [6.07, 6.45) is 6.96. The molecule has 3 rings (SSSR count). The van der Waals surface area contributed by atoms with Gasteiger partial charge in [-0.15, -0.1) is 0 Å². The molecule has 2 aliphatic heterocycles. The lowest BCUT2D eigenvalue weighted by molar-refractivity contribution is -0.138. The van der Waals surface area contributed by atoms with Gasteiger partial charge >= 0.3 is 0 Å². The van der Waals surface area contributed by atoms with Crippen molar-refractivity contribution in [3.05, 3.63) is 28.8 Å². The van der Waals surface area contributed by atoms with Gasteiger partial charge in [-0.05, 0) is 56.4 Å². The van der Waals surface area contributed by atoms with Crippen LogP contribution in [0.1, 0.15) is 38.2 Å². The summed E-state index contributed by atoms with van der Waals surface area (Å²) in [7, 11) is 1.56. The third kappa shape index (κ3) is 5.24. The van der Waals surface area contributed by atoms with Crippen molar-refractivity contribution in [2.45, 2.75) is 32.6 Å². The predicted molar refractivity (Wildman–Crippen MR) is 113 cm³/mol. The molecular formula is C22H29ClN2O4. The van der Waals surface area contributed by atoms with Crippen molar-refractivity contribution in [1.29, 1.82) is 0 Å². The van der Waals surface area contributed by atoms with Gasteiger partial charge in [0.15, 0.2) is 11.5 Å². The van der Waals surface area contributed by atoms with E-state index in [2.05, 4.69) is 0 Å². The number of likely N-dealkylation sites (tertiary alicyclic amines) is 2. The molecule has 158 valence electrons. The molecule has 0 bridgehead atoms. The van der Waals surface area contributed by atoms with Crippen molar-refractivity contribution >= 4 is 29.5 Å². The zero-order valence-corrected chi connectivity index (χ0v) is 17.9. The summed E-state index contributed by atoms with van der Waals surface area (Å²) < 4.78 is 10.9. The highest BCUT2D eigenvalue weighted by atomic mass is 35.5. The van der Waals surface area contributed by atoms with Crippen LogP contribution in [0.2, 0.25) is 5.02 Å². The van der Waals surface area contributed by atoms with Crippen LogP contribution in [0.3, 0.4) is 0 Å². The maximum atomic E-state index is 12.6. The van der Waals surface area contributed by atoms with Gasteiger partial charge in [-0.25, -0.2) is 0 Å². The number of piperidine rings is 1. The smallest absolute Gasteiger partial charge is 0.246 e. The zero-order valence-electron chi connectivity index (χ0n) is 17.2. The van der Waals surface area contributed by atoms with E-state index in [1.54, 1.807) is 36.3 Å². The topological polar surface area (TPSA) is 59.1 Å². The van der Waals surface area contributed by atoms with Crippen LogP contribution in [0.25, 0.3) is 6.08 Å². The Labute approximate surface area is 177 Å². The Morgan fingerprint density at radius 3 is 2.45 bits per heavy atom. The van der Waals surface area contributed by atoms with Crippen LogP contribution in [-0.4, -0.2) is 61.5 Å². The molecule has 2 amide bonds. The van der Waals surface area contributed by atoms with Crippen molar-refractivity contribution in [2.24, 2.45) is 5.92 Å². The SMILES string of the molecule is CCOc1c(Cl)cc(/C=C/C(=O)N2CCC(C(=O)N3CCCC3)CC2)cc1OC. The maximum Gasteiger partial charge on any atom is 0.246 e. The fraction of sp³-hybridized carbons (Fsp3) is 0.545. The Morgan fingerprint density at radius 2 is 1.83 bits per heavy atom. The monoisotopic (exact) mass is 420 g/mol. The first-order valence-electron chi connectivity index (χ1n) is 10.3. The maximum absolute atomic E-state index is 12.6. The fourth-order valence-electron chi connectivity index (χ4n) is 3.94. The highest BCUT2D eigenvalue weighted by Gasteiger charge is 2.30. The van der Waals surface area contributed by atoms with Crippen molar-refractivity contribution in [2.75, 3.05) is 39.9 Å². The third-order valence-corrected chi connectivity index (χ3v) is 5.81. The first-order valence-corrected chi connectivity index (χ1v) is 10.7. The van der Waals surface area contributed by atoms with Crippen LogP contribution in [0.15, 0.2) is 18.2 Å². The second kappa shape index (κ2) is 10.0. The van der Waals surface area contributed by atoms with E-state index in [4.69, 9.17) is 21.1 Å². The van der Waals surface area contributed by atoms with Gasteiger partial charge in [0.25, 0.3) is 0 Å². The highest BCUT2D eigenvalue weighted by molar-refractivity contribution is 6.32. The summed E-state index contributed by atoms with van der Waals surface area (Å²) in [6, 6.07) is 3.54. The van der Waals surface area contributed by atoms with E-state index < -0.39 is 0 Å². The lowest BCUT2D eigenvalue weighted by Gasteiger charge is -2.32. The van der Waals surface area contributed by atoms with Crippen LogP contribution in [0, 0.1) is 5.92 Å². The molecule has 0 unspecified atom stereocenters. The number of methoxy groups -OCH3 is 1. The number of rotatable bonds is 6. The van der Waals surface area contributed by atoms with Gasteiger partial charge in [0.2, 0.25) is 11.8 Å². The number of carbonyl (C=O) groups excluding carboxylic acids is 2. The Balaban J connectivity index is 1.57. The van der Waals surface area contributed by atoms with E-state index in [1.165, 1.54) is 0 Å². The Hall–Kier alpha value is -2.21. The number of nitrogens with zero attached hydrogens (tertiary/aromatic N) is 2. The summed E-state index contributed by atoms with van der Waals surface area (Å²) in [5.41, 5.74) is 0.766. The molecule has 0 saturated carbocycles. The van der Waals surface area contributed by atoms with E-state index in [1.807, 2.05) is 11.8 Å². The average molecular weight is 421 g/mol. The quantitative estimate of drug-likeness (QED) is 0.659. The van der Waals surface area contributed by atoms with E-state index in [0.29, 0.717) is 36.2 Å². The molecule has 29 heavy (non-hydrogen) atoms. The molecule has 7 heteroatoms. The van der Waals surface area contributed by atoms with Gasteiger partial charge in [0.05, 0.1) is 18.7 Å². The normalized spacial score (nSPS) is 17.8. The van der Waals surface area contributed by atoms with Gasteiger partial charge in [0.1, 0.15) is 0 Å². The van der Waals surface area contributed by atoms with Crippen molar-refractivity contribution in [3.63, 3.8) is 0 Å². The van der Waals surface area contributed by atoms with Crippen LogP contribution in [0.4, 0.5) is 0 Å². The molecular weight excluding hydrogens is 392 g/mol. The lowest BCUT2D eigenvalue weighted by Crippen LogP contribution is -2.43. The van der Waals surface area contributed by atoms with Crippen LogP contribution < -0.4 is 9.47 Å². The van der Waals surface area contributed by atoms with Gasteiger partial charge in [-0.1, -0.05) is 11.6 Å². The molecule has 1 aromatic rings. The predicted octanol–water partition coefficient (Wildman–Crippen LogP) is 3.62. The van der Waals surface area contributed by atoms with E-state index >= 15 is 0 Å². The largest absolute Gasteiger partial charge is 0.493 e. The summed E-state index contributed by atoms with van der Waals surface area (Å²) in [5.74, 6) is 1.30. The second-order valence-corrected chi connectivity index (χ2v) is 7.84. The standard InChI is InChI=1S/C22H29ClN2O4/c1-3-29-21-18(23)14-16(15-19(21)28-2)6-7-20(26)24-12-8-17(9-13-24)22(27)25-10-4-5-11-25/h6-7,14-15,17H,3-5,8-13H2,1-2H3/b7-6+. The summed E-state index contributed by atoms with van der Waals surface area (Å²) >= 11 is 6.29. The highest BCUT2D eigenvalue weighted by Crippen LogP contribution is 2.36. The molecule has 2 aliphatic rings. The Bertz CT molecular complexity index is 766. The molecule has 0 aliphatic carbocycles. The minimum Gasteiger partial charge on any atom is -0.493 e. The number of hydrogen-bond acceptors (Lipinski definition) is 4. The van der Waals surface area contributed by atoms with Crippen molar-refractivity contribution < 1.29 is 19.1 Å². The summed E-state index contributed by atoms with van der Waals surface area (Å²) in [5, 5.41) is 0.444. The van der Waals surface area contributed by atoms with Crippen LogP contribution in [-0.2, 0) is 9.59 Å². The molecule has 6 nitrogen and oxygen atoms in total. The second-order valence-electron chi connectivity index (χ2n) is 7.43. The molecule has 2 saturated heterocycles. The Kier molecular flexibility index (Phi) is 7.42. The molecule has 1 aromatic carbocycles. The Morgan fingerprint density at radius 1 is 1.14 bits per heavy atom. The summed E-state index contributed by atoms with van der Waals surface area (Å²) in [6.45, 7) is 5.36. The number of halogens is 1. The number of carbonyl (C=O) groups is 2. The van der Waals surface area contributed by atoms with E-state index in [0.717, 1.165) is 44.3 Å². The van der Waals surface area contributed by atoms with Gasteiger partial charge in [-0.3, -0.25) is 9.59 Å². The molecule has 2 heterocycles. The number of benzene rings is 1. The van der Waals surface area contributed by atoms with Gasteiger partial charge in [-0.2, -0.15) is 0 Å². The molecule has 0 spiro atoms. The van der Waals surface area contributed by atoms with Gasteiger partial charge < -0.3 is 19.3 Å². The molecule has 0 aromatic heterocycles. The number of hydrogen-bond donors (Lipinski definition) is 0. The number of amides is 2. The van der Waals surface area contributed by atoms with Crippen LogP contribution in [0.5, 0.6) is 11.5 Å². The molecule has 2 fully saturated rings. The molecule has 0 radical (unpaired) electrons. The minimum absolute atomic E-state index is 0.0512. The number of ether oxygens (including phenoxy) is 2. The first kappa shape index (κ1) is 21.5. The third-order valence-electron chi connectivity index (χ3n) is 5.53.